The first kappa shape index (κ1) is 19.4. The molecule has 0 unspecified atom stereocenters. The van der Waals surface area contributed by atoms with Gasteiger partial charge in [-0.1, -0.05) is 26.0 Å². The lowest BCUT2D eigenvalue weighted by Crippen LogP contribution is -2.36. The summed E-state index contributed by atoms with van der Waals surface area (Å²) in [5, 5.41) is 19.8. The van der Waals surface area contributed by atoms with Crippen molar-refractivity contribution >= 4 is 16.1 Å². The lowest BCUT2D eigenvalue weighted by molar-refractivity contribution is 0.194. The molecule has 0 aliphatic carbocycles. The second-order valence-electron chi connectivity index (χ2n) is 5.64. The lowest BCUT2D eigenvalue weighted by Gasteiger charge is -2.24. The van der Waals surface area contributed by atoms with Gasteiger partial charge >= 0.3 is 6.09 Å². The fourth-order valence-corrected chi connectivity index (χ4v) is 3.73. The molecule has 1 aromatic carbocycles. The normalized spacial score (nSPS) is 11.9. The van der Waals surface area contributed by atoms with Gasteiger partial charge in [0.1, 0.15) is 0 Å². The molecule has 1 amide bonds. The number of aliphatic hydroxyl groups is 1. The number of hydrogen-bond acceptors (Lipinski definition) is 4. The Morgan fingerprint density at radius 2 is 1.87 bits per heavy atom. The highest BCUT2D eigenvalue weighted by molar-refractivity contribution is 7.89. The molecule has 0 fully saturated rings. The van der Waals surface area contributed by atoms with Crippen LogP contribution in [0.15, 0.2) is 29.2 Å². The zero-order chi connectivity index (χ0) is 17.5. The molecular weight excluding hydrogens is 320 g/mol. The van der Waals surface area contributed by atoms with Gasteiger partial charge in [0, 0.05) is 19.6 Å². The van der Waals surface area contributed by atoms with Crippen LogP contribution in [0.1, 0.15) is 25.8 Å². The van der Waals surface area contributed by atoms with Crippen molar-refractivity contribution in [2.45, 2.75) is 31.8 Å². The van der Waals surface area contributed by atoms with Gasteiger partial charge in [0.25, 0.3) is 0 Å². The minimum absolute atomic E-state index is 0.142. The van der Waals surface area contributed by atoms with Gasteiger partial charge in [-0.25, -0.2) is 13.2 Å². The van der Waals surface area contributed by atoms with E-state index in [1.807, 2.05) is 13.8 Å². The second-order valence-corrected chi connectivity index (χ2v) is 7.58. The summed E-state index contributed by atoms with van der Waals surface area (Å²) in [7, 11) is -3.65. The number of hydrogen-bond donors (Lipinski definition) is 3. The van der Waals surface area contributed by atoms with Crippen LogP contribution in [0.25, 0.3) is 0 Å². The topological polar surface area (TPSA) is 107 Å². The van der Waals surface area contributed by atoms with E-state index in [1.54, 1.807) is 12.1 Å². The summed E-state index contributed by atoms with van der Waals surface area (Å²) in [4.78, 5) is 10.6. The van der Waals surface area contributed by atoms with Crippen molar-refractivity contribution in [3.8, 4) is 0 Å². The quantitative estimate of drug-likeness (QED) is 0.588. The molecule has 0 aliphatic heterocycles. The Bertz CT molecular complexity index is 599. The van der Waals surface area contributed by atoms with Gasteiger partial charge in [-0.05, 0) is 30.0 Å². The number of carboxylic acid groups (broad SMARTS) is 1. The Morgan fingerprint density at radius 1 is 1.26 bits per heavy atom. The van der Waals surface area contributed by atoms with Gasteiger partial charge in [0.05, 0.1) is 11.5 Å². The van der Waals surface area contributed by atoms with Crippen LogP contribution in [0, 0.1) is 5.92 Å². The summed E-state index contributed by atoms with van der Waals surface area (Å²) in [6.45, 7) is 4.50. The van der Waals surface area contributed by atoms with Crippen LogP contribution in [0.3, 0.4) is 0 Å². The van der Waals surface area contributed by atoms with E-state index in [0.29, 0.717) is 18.5 Å². The third-order valence-corrected chi connectivity index (χ3v) is 5.05. The average Bonchev–Trinajstić information content (AvgIpc) is 2.49. The van der Waals surface area contributed by atoms with Gasteiger partial charge in [0.15, 0.2) is 0 Å². The number of benzene rings is 1. The van der Waals surface area contributed by atoms with Crippen LogP contribution in [0.2, 0.25) is 0 Å². The Hall–Kier alpha value is -1.64. The maximum absolute atomic E-state index is 12.7. The fourth-order valence-electron chi connectivity index (χ4n) is 2.08. The first-order chi connectivity index (χ1) is 10.8. The van der Waals surface area contributed by atoms with Crippen LogP contribution in [0.4, 0.5) is 4.79 Å². The van der Waals surface area contributed by atoms with Crippen molar-refractivity contribution in [2.24, 2.45) is 5.92 Å². The number of amides is 1. The highest BCUT2D eigenvalue weighted by Gasteiger charge is 2.24. The highest BCUT2D eigenvalue weighted by atomic mass is 32.2. The molecule has 0 saturated heterocycles. The maximum atomic E-state index is 12.7. The van der Waals surface area contributed by atoms with E-state index in [0.717, 1.165) is 0 Å². The van der Waals surface area contributed by atoms with Crippen molar-refractivity contribution in [1.82, 2.24) is 9.62 Å². The summed E-state index contributed by atoms with van der Waals surface area (Å²) >= 11 is 0. The molecule has 0 aliphatic rings. The number of carbonyl (C=O) groups is 1. The average molecular weight is 344 g/mol. The molecule has 0 bridgehead atoms. The zero-order valence-corrected chi connectivity index (χ0v) is 14.2. The third kappa shape index (κ3) is 6.17. The predicted octanol–water partition coefficient (Wildman–Crippen LogP) is 1.48. The molecule has 0 atom stereocenters. The van der Waals surface area contributed by atoms with Crippen molar-refractivity contribution < 1.29 is 23.4 Å². The van der Waals surface area contributed by atoms with E-state index >= 15 is 0 Å². The van der Waals surface area contributed by atoms with E-state index in [-0.39, 0.29) is 30.5 Å². The number of sulfonamides is 1. The van der Waals surface area contributed by atoms with E-state index in [2.05, 4.69) is 5.32 Å². The first-order valence-corrected chi connectivity index (χ1v) is 8.88. The second kappa shape index (κ2) is 8.85. The summed E-state index contributed by atoms with van der Waals surface area (Å²) in [5.74, 6) is 0.147. The Morgan fingerprint density at radius 3 is 2.35 bits per heavy atom. The van der Waals surface area contributed by atoms with E-state index < -0.39 is 16.1 Å². The molecular formula is C15H24N2O5S. The van der Waals surface area contributed by atoms with Gasteiger partial charge < -0.3 is 15.5 Å². The molecule has 0 radical (unpaired) electrons. The molecule has 130 valence electrons. The van der Waals surface area contributed by atoms with Crippen LogP contribution >= 0.6 is 0 Å². The smallest absolute Gasteiger partial charge is 0.404 e. The third-order valence-electron chi connectivity index (χ3n) is 3.17. The molecule has 8 heteroatoms. The van der Waals surface area contributed by atoms with E-state index in [1.165, 1.54) is 16.4 Å². The number of nitrogens with zero attached hydrogens (tertiary/aromatic N) is 1. The Labute approximate surface area is 137 Å². The number of aliphatic hydroxyl groups excluding tert-OH is 1. The standard InChI is InChI=1S/C15H24N2O5S/c1-12(2)10-17(9-3-8-16-15(19)20)23(21,22)14-6-4-13(11-18)5-7-14/h4-7,12,16,18H,3,8-11H2,1-2H3,(H,19,20). The molecule has 0 saturated carbocycles. The van der Waals surface area contributed by atoms with E-state index in [9.17, 15) is 13.2 Å². The molecule has 23 heavy (non-hydrogen) atoms. The van der Waals surface area contributed by atoms with Gasteiger partial charge in [-0.3, -0.25) is 0 Å². The summed E-state index contributed by atoms with van der Waals surface area (Å²) in [6, 6.07) is 6.10. The molecule has 1 aromatic rings. The minimum atomic E-state index is -3.65. The molecule has 0 spiro atoms. The maximum Gasteiger partial charge on any atom is 0.404 e. The summed E-state index contributed by atoms with van der Waals surface area (Å²) in [6.07, 6.45) is -0.727. The van der Waals surface area contributed by atoms with Crippen LogP contribution in [-0.2, 0) is 16.6 Å². The van der Waals surface area contributed by atoms with Crippen molar-refractivity contribution in [2.75, 3.05) is 19.6 Å². The van der Waals surface area contributed by atoms with Crippen LogP contribution < -0.4 is 5.32 Å². The largest absolute Gasteiger partial charge is 0.465 e. The lowest BCUT2D eigenvalue weighted by atomic mass is 10.2. The van der Waals surface area contributed by atoms with Gasteiger partial charge in [-0.2, -0.15) is 4.31 Å². The monoisotopic (exact) mass is 344 g/mol. The molecule has 3 N–H and O–H groups in total. The zero-order valence-electron chi connectivity index (χ0n) is 13.4. The summed E-state index contributed by atoms with van der Waals surface area (Å²) in [5.41, 5.74) is 0.644. The van der Waals surface area contributed by atoms with Crippen LogP contribution in [0.5, 0.6) is 0 Å². The molecule has 0 aromatic heterocycles. The van der Waals surface area contributed by atoms with Gasteiger partial charge in [0.2, 0.25) is 10.0 Å². The molecule has 1 rings (SSSR count). The van der Waals surface area contributed by atoms with Crippen molar-refractivity contribution in [3.05, 3.63) is 29.8 Å². The van der Waals surface area contributed by atoms with Crippen LogP contribution in [-0.4, -0.2) is 48.7 Å². The minimum Gasteiger partial charge on any atom is -0.465 e. The van der Waals surface area contributed by atoms with Gasteiger partial charge in [-0.15, -0.1) is 0 Å². The fraction of sp³-hybridized carbons (Fsp3) is 0.533. The number of rotatable bonds is 9. The van der Waals surface area contributed by atoms with E-state index in [4.69, 9.17) is 10.2 Å². The highest BCUT2D eigenvalue weighted by Crippen LogP contribution is 2.18. The Balaban J connectivity index is 2.86. The van der Waals surface area contributed by atoms with Crippen molar-refractivity contribution in [3.63, 3.8) is 0 Å². The number of nitrogens with one attached hydrogen (secondary N) is 1. The van der Waals surface area contributed by atoms with Crippen molar-refractivity contribution in [1.29, 1.82) is 0 Å². The Kier molecular flexibility index (Phi) is 7.47. The SMILES string of the molecule is CC(C)CN(CCCNC(=O)O)S(=O)(=O)c1ccc(CO)cc1. The molecule has 0 heterocycles. The molecule has 7 nitrogen and oxygen atoms in total. The summed E-state index contributed by atoms with van der Waals surface area (Å²) < 4.78 is 26.8. The first-order valence-electron chi connectivity index (χ1n) is 7.44. The predicted molar refractivity (Wildman–Crippen MR) is 86.6 cm³/mol.